The first-order valence-electron chi connectivity index (χ1n) is 5.10. The third kappa shape index (κ3) is 2.46. The van der Waals surface area contributed by atoms with Crippen LogP contribution in [0.25, 0.3) is 0 Å². The van der Waals surface area contributed by atoms with Crippen molar-refractivity contribution >= 4 is 0 Å². The number of hydrogen-bond acceptors (Lipinski definition) is 4. The fraction of sp³-hybridized carbons (Fsp3) is 0.500. The van der Waals surface area contributed by atoms with E-state index < -0.39 is 12.2 Å². The van der Waals surface area contributed by atoms with Gasteiger partial charge >= 0.3 is 0 Å². The number of methoxy groups -OCH3 is 2. The predicted molar refractivity (Wildman–Crippen MR) is 60.9 cm³/mol. The lowest BCUT2D eigenvalue weighted by atomic mass is 10.0. The van der Waals surface area contributed by atoms with Crippen LogP contribution in [0.3, 0.4) is 0 Å². The molecule has 2 atom stereocenters. The first-order valence-corrected chi connectivity index (χ1v) is 5.10. The van der Waals surface area contributed by atoms with Crippen LogP contribution < -0.4 is 9.47 Å². The van der Waals surface area contributed by atoms with Crippen LogP contribution in [0.5, 0.6) is 11.5 Å². The first-order chi connectivity index (χ1) is 7.51. The predicted octanol–water partition coefficient (Wildman–Crippen LogP) is 1.43. The molecule has 1 aromatic carbocycles. The van der Waals surface area contributed by atoms with Crippen LogP contribution in [-0.4, -0.2) is 30.5 Å². The third-order valence-corrected chi connectivity index (χ3v) is 2.57. The van der Waals surface area contributed by atoms with Gasteiger partial charge in [-0.2, -0.15) is 0 Å². The Labute approximate surface area is 95.4 Å². The number of rotatable bonds is 4. The van der Waals surface area contributed by atoms with Gasteiger partial charge in [0.1, 0.15) is 17.6 Å². The van der Waals surface area contributed by atoms with Crippen LogP contribution in [-0.2, 0) is 0 Å². The molecule has 4 nitrogen and oxygen atoms in total. The van der Waals surface area contributed by atoms with E-state index in [2.05, 4.69) is 0 Å². The Hall–Kier alpha value is -1.26. The van der Waals surface area contributed by atoms with E-state index >= 15 is 0 Å². The van der Waals surface area contributed by atoms with Gasteiger partial charge in [-0.15, -0.1) is 0 Å². The average molecular weight is 226 g/mol. The summed E-state index contributed by atoms with van der Waals surface area (Å²) in [6, 6.07) is 3.41. The lowest BCUT2D eigenvalue weighted by Crippen LogP contribution is -2.14. The van der Waals surface area contributed by atoms with Crippen LogP contribution in [0.1, 0.15) is 24.2 Å². The standard InChI is InChI=1S/C12H18O4/c1-7-10(15-3)5-9(6-11(7)16-4)12(14)8(2)13/h5-6,8,12-14H,1-4H3/t8-,12-/m0/s1. The number of aliphatic hydroxyl groups excluding tert-OH is 2. The molecule has 0 aliphatic heterocycles. The summed E-state index contributed by atoms with van der Waals surface area (Å²) >= 11 is 0. The molecular formula is C12H18O4. The van der Waals surface area contributed by atoms with E-state index in [1.807, 2.05) is 6.92 Å². The van der Waals surface area contributed by atoms with Gasteiger partial charge in [-0.05, 0) is 31.5 Å². The Morgan fingerprint density at radius 2 is 1.50 bits per heavy atom. The zero-order valence-electron chi connectivity index (χ0n) is 10.0. The number of benzene rings is 1. The van der Waals surface area contributed by atoms with Gasteiger partial charge in [-0.3, -0.25) is 0 Å². The molecule has 0 aliphatic rings. The van der Waals surface area contributed by atoms with Crippen LogP contribution in [0.4, 0.5) is 0 Å². The minimum Gasteiger partial charge on any atom is -0.496 e. The van der Waals surface area contributed by atoms with Gasteiger partial charge in [0, 0.05) is 5.56 Å². The maximum Gasteiger partial charge on any atom is 0.125 e. The van der Waals surface area contributed by atoms with Crippen molar-refractivity contribution in [2.45, 2.75) is 26.1 Å². The van der Waals surface area contributed by atoms with Gasteiger partial charge in [0.2, 0.25) is 0 Å². The van der Waals surface area contributed by atoms with Crippen molar-refractivity contribution in [2.24, 2.45) is 0 Å². The molecule has 1 rings (SSSR count). The van der Waals surface area contributed by atoms with Gasteiger partial charge in [-0.1, -0.05) is 0 Å². The summed E-state index contributed by atoms with van der Waals surface area (Å²) in [4.78, 5) is 0. The number of hydrogen-bond donors (Lipinski definition) is 2. The Balaban J connectivity index is 3.21. The lowest BCUT2D eigenvalue weighted by molar-refractivity contribution is 0.0303. The van der Waals surface area contributed by atoms with Crippen LogP contribution in [0, 0.1) is 6.92 Å². The summed E-state index contributed by atoms with van der Waals surface area (Å²) in [7, 11) is 3.11. The Bertz CT molecular complexity index is 335. The smallest absolute Gasteiger partial charge is 0.125 e. The maximum absolute atomic E-state index is 9.77. The molecule has 2 N–H and O–H groups in total. The van der Waals surface area contributed by atoms with Crippen LogP contribution >= 0.6 is 0 Å². The maximum atomic E-state index is 9.77. The van der Waals surface area contributed by atoms with E-state index in [1.54, 1.807) is 26.4 Å². The second kappa shape index (κ2) is 5.18. The molecule has 0 fully saturated rings. The Kier molecular flexibility index (Phi) is 4.15. The zero-order chi connectivity index (χ0) is 12.3. The molecule has 4 heteroatoms. The monoisotopic (exact) mass is 226 g/mol. The SMILES string of the molecule is COc1cc([C@@H](O)[C@H](C)O)cc(OC)c1C. The summed E-state index contributed by atoms with van der Waals surface area (Å²) < 4.78 is 10.4. The van der Waals surface area contributed by atoms with E-state index in [9.17, 15) is 10.2 Å². The molecule has 0 bridgehead atoms. The minimum absolute atomic E-state index is 0.578. The van der Waals surface area contributed by atoms with Gasteiger partial charge in [0.15, 0.2) is 0 Å². The fourth-order valence-electron chi connectivity index (χ4n) is 1.56. The molecule has 90 valence electrons. The highest BCUT2D eigenvalue weighted by Gasteiger charge is 2.17. The molecule has 0 amide bonds. The molecular weight excluding hydrogens is 208 g/mol. The Morgan fingerprint density at radius 1 is 1.06 bits per heavy atom. The number of ether oxygens (including phenoxy) is 2. The first kappa shape index (κ1) is 12.8. The molecule has 0 saturated heterocycles. The average Bonchev–Trinajstić information content (AvgIpc) is 2.28. The van der Waals surface area contributed by atoms with Crippen molar-refractivity contribution < 1.29 is 19.7 Å². The highest BCUT2D eigenvalue weighted by molar-refractivity contribution is 5.47. The molecule has 0 radical (unpaired) electrons. The normalized spacial score (nSPS) is 14.4. The fourth-order valence-corrected chi connectivity index (χ4v) is 1.56. The van der Waals surface area contributed by atoms with Crippen molar-refractivity contribution in [1.82, 2.24) is 0 Å². The van der Waals surface area contributed by atoms with E-state index in [1.165, 1.54) is 6.92 Å². The minimum atomic E-state index is -0.941. The molecule has 0 aromatic heterocycles. The van der Waals surface area contributed by atoms with Crippen molar-refractivity contribution in [3.63, 3.8) is 0 Å². The highest BCUT2D eigenvalue weighted by atomic mass is 16.5. The van der Waals surface area contributed by atoms with E-state index in [0.29, 0.717) is 17.1 Å². The van der Waals surface area contributed by atoms with Crippen molar-refractivity contribution in [1.29, 1.82) is 0 Å². The summed E-state index contributed by atoms with van der Waals surface area (Å²) in [6.45, 7) is 3.40. The topological polar surface area (TPSA) is 58.9 Å². The van der Waals surface area contributed by atoms with E-state index in [4.69, 9.17) is 9.47 Å². The van der Waals surface area contributed by atoms with Gasteiger partial charge in [0.25, 0.3) is 0 Å². The molecule has 0 saturated carbocycles. The van der Waals surface area contributed by atoms with Crippen molar-refractivity contribution in [2.75, 3.05) is 14.2 Å². The summed E-state index contributed by atoms with van der Waals surface area (Å²) in [5.74, 6) is 1.27. The number of aliphatic hydroxyl groups is 2. The molecule has 0 unspecified atom stereocenters. The van der Waals surface area contributed by atoms with Crippen LogP contribution in [0.2, 0.25) is 0 Å². The molecule has 16 heavy (non-hydrogen) atoms. The van der Waals surface area contributed by atoms with E-state index in [-0.39, 0.29) is 0 Å². The van der Waals surface area contributed by atoms with Crippen LogP contribution in [0.15, 0.2) is 12.1 Å². The second-order valence-corrected chi connectivity index (χ2v) is 3.74. The molecule has 0 aliphatic carbocycles. The van der Waals surface area contributed by atoms with E-state index in [0.717, 1.165) is 5.56 Å². The van der Waals surface area contributed by atoms with Gasteiger partial charge in [0.05, 0.1) is 20.3 Å². The Morgan fingerprint density at radius 3 is 1.81 bits per heavy atom. The molecule has 0 spiro atoms. The summed E-state index contributed by atoms with van der Waals surface area (Å²) in [5, 5.41) is 19.1. The van der Waals surface area contributed by atoms with Crippen molar-refractivity contribution in [3.8, 4) is 11.5 Å². The van der Waals surface area contributed by atoms with Gasteiger partial charge in [-0.25, -0.2) is 0 Å². The van der Waals surface area contributed by atoms with Gasteiger partial charge < -0.3 is 19.7 Å². The zero-order valence-corrected chi connectivity index (χ0v) is 10.0. The second-order valence-electron chi connectivity index (χ2n) is 3.74. The molecule has 0 heterocycles. The third-order valence-electron chi connectivity index (χ3n) is 2.57. The molecule has 1 aromatic rings. The highest BCUT2D eigenvalue weighted by Crippen LogP contribution is 2.32. The summed E-state index contributed by atoms with van der Waals surface area (Å²) in [6.07, 6.45) is -1.78. The largest absolute Gasteiger partial charge is 0.496 e. The summed E-state index contributed by atoms with van der Waals surface area (Å²) in [5.41, 5.74) is 1.45. The quantitative estimate of drug-likeness (QED) is 0.815. The van der Waals surface area contributed by atoms with Crippen molar-refractivity contribution in [3.05, 3.63) is 23.3 Å². The lowest BCUT2D eigenvalue weighted by Gasteiger charge is -2.18.